The molecule has 1 amide bonds. The number of nitrogens with zero attached hydrogens (tertiary/aromatic N) is 3. The van der Waals surface area contributed by atoms with Crippen LogP contribution in [-0.4, -0.2) is 32.6 Å². The van der Waals surface area contributed by atoms with E-state index in [1.54, 1.807) is 18.2 Å². The minimum Gasteiger partial charge on any atom is -0.353 e. The van der Waals surface area contributed by atoms with Gasteiger partial charge < -0.3 is 11.2 Å². The van der Waals surface area contributed by atoms with Crippen molar-refractivity contribution >= 4 is 40.9 Å². The van der Waals surface area contributed by atoms with Crippen molar-refractivity contribution < 1.29 is 4.79 Å². The Labute approximate surface area is 167 Å². The van der Waals surface area contributed by atoms with Crippen LogP contribution >= 0.6 is 35.0 Å². The fourth-order valence-corrected chi connectivity index (χ4v) is 3.49. The van der Waals surface area contributed by atoms with Gasteiger partial charge in [0, 0.05) is 16.6 Å². The van der Waals surface area contributed by atoms with Crippen molar-refractivity contribution in [3.05, 3.63) is 28.2 Å². The van der Waals surface area contributed by atoms with Gasteiger partial charge in [-0.15, -0.1) is 10.2 Å². The standard InChI is InChI=1S/C17H23Cl2N5OS/c1-10(2)4-5-11(3)21-15(25)9-26-17-23-22-16(24(17)20)13-7-6-12(18)8-14(13)19/h6-8,10-11H,4-5,9,20H2,1-3H3,(H,21,25)/t11-/m0/s1. The molecule has 0 aliphatic heterocycles. The molecule has 1 aromatic heterocycles. The molecule has 26 heavy (non-hydrogen) atoms. The Balaban J connectivity index is 1.95. The molecule has 1 aromatic carbocycles. The van der Waals surface area contributed by atoms with Gasteiger partial charge in [-0.25, -0.2) is 4.68 Å². The summed E-state index contributed by atoms with van der Waals surface area (Å²) in [6.45, 7) is 6.35. The first-order valence-electron chi connectivity index (χ1n) is 8.36. The molecule has 6 nitrogen and oxygen atoms in total. The highest BCUT2D eigenvalue weighted by atomic mass is 35.5. The van der Waals surface area contributed by atoms with Gasteiger partial charge in [-0.05, 0) is 43.9 Å². The van der Waals surface area contributed by atoms with Crippen LogP contribution in [0.1, 0.15) is 33.6 Å². The van der Waals surface area contributed by atoms with Crippen molar-refractivity contribution in [2.45, 2.75) is 44.8 Å². The van der Waals surface area contributed by atoms with Crippen molar-refractivity contribution in [3.8, 4) is 11.4 Å². The van der Waals surface area contributed by atoms with Gasteiger partial charge in [-0.2, -0.15) is 0 Å². The van der Waals surface area contributed by atoms with E-state index in [9.17, 15) is 4.79 Å². The minimum absolute atomic E-state index is 0.0552. The van der Waals surface area contributed by atoms with Gasteiger partial charge in [0.05, 0.1) is 10.8 Å². The number of thioether (sulfide) groups is 1. The van der Waals surface area contributed by atoms with Crippen LogP contribution in [0.5, 0.6) is 0 Å². The molecule has 1 atom stereocenters. The molecule has 0 radical (unpaired) electrons. The van der Waals surface area contributed by atoms with Crippen LogP contribution in [0.2, 0.25) is 10.0 Å². The highest BCUT2D eigenvalue weighted by Crippen LogP contribution is 2.30. The number of nitrogens with two attached hydrogens (primary N) is 1. The maximum Gasteiger partial charge on any atom is 0.230 e. The maximum atomic E-state index is 12.1. The Morgan fingerprint density at radius 3 is 2.65 bits per heavy atom. The Hall–Kier alpha value is -1.44. The smallest absolute Gasteiger partial charge is 0.230 e. The average molecular weight is 416 g/mol. The molecule has 2 aromatic rings. The molecule has 0 saturated carbocycles. The number of halogens is 2. The molecular formula is C17H23Cl2N5OS. The van der Waals surface area contributed by atoms with Crippen LogP contribution in [0.15, 0.2) is 23.4 Å². The van der Waals surface area contributed by atoms with Crippen molar-refractivity contribution in [2.75, 3.05) is 11.6 Å². The predicted molar refractivity (Wildman–Crippen MR) is 108 cm³/mol. The highest BCUT2D eigenvalue weighted by Gasteiger charge is 2.16. The summed E-state index contributed by atoms with van der Waals surface area (Å²) < 4.78 is 1.33. The van der Waals surface area contributed by atoms with Crippen LogP contribution in [-0.2, 0) is 4.79 Å². The van der Waals surface area contributed by atoms with Crippen LogP contribution in [0.4, 0.5) is 0 Å². The van der Waals surface area contributed by atoms with Gasteiger partial charge in [-0.1, -0.05) is 48.8 Å². The highest BCUT2D eigenvalue weighted by molar-refractivity contribution is 7.99. The lowest BCUT2D eigenvalue weighted by atomic mass is 10.0. The van der Waals surface area contributed by atoms with E-state index >= 15 is 0 Å². The second-order valence-electron chi connectivity index (χ2n) is 6.53. The second kappa shape index (κ2) is 9.48. The van der Waals surface area contributed by atoms with Crippen molar-refractivity contribution in [1.82, 2.24) is 20.2 Å². The number of hydrogen-bond acceptors (Lipinski definition) is 5. The summed E-state index contributed by atoms with van der Waals surface area (Å²) in [6, 6.07) is 5.20. The van der Waals surface area contributed by atoms with Crippen LogP contribution in [0.3, 0.4) is 0 Å². The summed E-state index contributed by atoms with van der Waals surface area (Å²) in [6.07, 6.45) is 2.04. The summed E-state index contributed by atoms with van der Waals surface area (Å²) in [5.74, 6) is 7.26. The molecule has 0 unspecified atom stereocenters. The van der Waals surface area contributed by atoms with E-state index in [-0.39, 0.29) is 17.7 Å². The molecule has 0 fully saturated rings. The zero-order chi connectivity index (χ0) is 19.3. The number of rotatable bonds is 8. The first-order valence-corrected chi connectivity index (χ1v) is 10.1. The van der Waals surface area contributed by atoms with E-state index in [2.05, 4.69) is 29.4 Å². The van der Waals surface area contributed by atoms with Crippen molar-refractivity contribution in [2.24, 2.45) is 5.92 Å². The normalized spacial score (nSPS) is 12.4. The molecule has 142 valence electrons. The molecule has 0 saturated heterocycles. The monoisotopic (exact) mass is 415 g/mol. The van der Waals surface area contributed by atoms with E-state index < -0.39 is 0 Å². The van der Waals surface area contributed by atoms with Gasteiger partial charge in [0.2, 0.25) is 11.1 Å². The van der Waals surface area contributed by atoms with Crippen molar-refractivity contribution in [3.63, 3.8) is 0 Å². The molecule has 0 bridgehead atoms. The Kier molecular flexibility index (Phi) is 7.61. The van der Waals surface area contributed by atoms with Crippen LogP contribution in [0, 0.1) is 5.92 Å². The third-order valence-corrected chi connectivity index (χ3v) is 5.24. The lowest BCUT2D eigenvalue weighted by Gasteiger charge is -2.14. The number of nitrogens with one attached hydrogen (secondary N) is 1. The SMILES string of the molecule is CC(C)CC[C@H](C)NC(=O)CSc1nnc(-c2ccc(Cl)cc2Cl)n1N. The Morgan fingerprint density at radius 1 is 1.27 bits per heavy atom. The molecular weight excluding hydrogens is 393 g/mol. The first kappa shape index (κ1) is 20.9. The number of benzene rings is 1. The number of hydrogen-bond donors (Lipinski definition) is 2. The molecule has 2 rings (SSSR count). The zero-order valence-corrected chi connectivity index (χ0v) is 17.3. The molecule has 0 aliphatic carbocycles. The van der Waals surface area contributed by atoms with E-state index in [1.807, 2.05) is 6.92 Å². The van der Waals surface area contributed by atoms with E-state index in [4.69, 9.17) is 29.0 Å². The van der Waals surface area contributed by atoms with Crippen LogP contribution < -0.4 is 11.2 Å². The average Bonchev–Trinajstić information content (AvgIpc) is 2.92. The third kappa shape index (κ3) is 5.79. The van der Waals surface area contributed by atoms with Gasteiger partial charge in [0.15, 0.2) is 5.82 Å². The van der Waals surface area contributed by atoms with Crippen molar-refractivity contribution in [1.29, 1.82) is 0 Å². The lowest BCUT2D eigenvalue weighted by molar-refractivity contribution is -0.119. The largest absolute Gasteiger partial charge is 0.353 e. The van der Waals surface area contributed by atoms with E-state index in [1.165, 1.54) is 16.4 Å². The number of carbonyl (C=O) groups is 1. The lowest BCUT2D eigenvalue weighted by Crippen LogP contribution is -2.34. The topological polar surface area (TPSA) is 85.8 Å². The second-order valence-corrected chi connectivity index (χ2v) is 8.31. The van der Waals surface area contributed by atoms with Crippen LogP contribution in [0.25, 0.3) is 11.4 Å². The third-order valence-electron chi connectivity index (χ3n) is 3.75. The predicted octanol–water partition coefficient (Wildman–Crippen LogP) is 4.00. The Morgan fingerprint density at radius 2 is 2.00 bits per heavy atom. The van der Waals surface area contributed by atoms with Gasteiger partial charge in [-0.3, -0.25) is 4.79 Å². The molecule has 1 heterocycles. The van der Waals surface area contributed by atoms with E-state index in [0.29, 0.717) is 32.5 Å². The quantitative estimate of drug-likeness (QED) is 0.502. The number of carbonyl (C=O) groups excluding carboxylic acids is 1. The zero-order valence-electron chi connectivity index (χ0n) is 15.0. The maximum absolute atomic E-state index is 12.1. The molecule has 3 N–H and O–H groups in total. The van der Waals surface area contributed by atoms with Gasteiger partial charge in [0.25, 0.3) is 0 Å². The summed E-state index contributed by atoms with van der Waals surface area (Å²) in [4.78, 5) is 12.1. The molecule has 9 heteroatoms. The summed E-state index contributed by atoms with van der Waals surface area (Å²) in [5, 5.41) is 12.5. The molecule has 0 aliphatic rings. The van der Waals surface area contributed by atoms with Gasteiger partial charge in [0.1, 0.15) is 0 Å². The first-order chi connectivity index (χ1) is 12.3. The fourth-order valence-electron chi connectivity index (χ4n) is 2.33. The Bertz CT molecular complexity index is 766. The summed E-state index contributed by atoms with van der Waals surface area (Å²) in [5.41, 5.74) is 0.629. The summed E-state index contributed by atoms with van der Waals surface area (Å²) >= 11 is 13.3. The molecule has 0 spiro atoms. The number of nitrogen functional groups attached to an aromatic ring is 1. The number of aromatic nitrogens is 3. The minimum atomic E-state index is -0.0552. The number of amides is 1. The van der Waals surface area contributed by atoms with Gasteiger partial charge >= 0.3 is 0 Å². The fraction of sp³-hybridized carbons (Fsp3) is 0.471. The summed E-state index contributed by atoms with van der Waals surface area (Å²) in [7, 11) is 0. The van der Waals surface area contributed by atoms with E-state index in [0.717, 1.165) is 12.8 Å².